The smallest absolute Gasteiger partial charge is 0.335 e. The molecule has 1 aromatic heterocycles. The number of hydrogen-bond acceptors (Lipinski definition) is 2. The van der Waals surface area contributed by atoms with Crippen LogP contribution in [0.3, 0.4) is 0 Å². The maximum Gasteiger partial charge on any atom is 0.335 e. The molecule has 4 nitrogen and oxygen atoms in total. The number of rotatable bonds is 4. The van der Waals surface area contributed by atoms with Crippen molar-refractivity contribution in [2.75, 3.05) is 0 Å². The van der Waals surface area contributed by atoms with E-state index >= 15 is 0 Å². The zero-order valence-corrected chi connectivity index (χ0v) is 11.3. The Labute approximate surface area is 118 Å². The molecule has 0 saturated heterocycles. The van der Waals surface area contributed by atoms with Crippen molar-refractivity contribution in [3.63, 3.8) is 0 Å². The standard InChI is InChI=1S/C16H18N2O2/c19-16(20)14-4-5-15-12(2-1-3-13(15)10-14)6-8-18-9-7-17-11-18/h4-5,7,9-12H,1-3,6,8H2,(H,19,20). The summed E-state index contributed by atoms with van der Waals surface area (Å²) in [5.41, 5.74) is 2.95. The van der Waals surface area contributed by atoms with Gasteiger partial charge in [0.05, 0.1) is 11.9 Å². The summed E-state index contributed by atoms with van der Waals surface area (Å²) in [6.07, 6.45) is 10.0. The number of aryl methyl sites for hydroxylation is 2. The molecule has 0 fully saturated rings. The minimum atomic E-state index is -0.840. The number of benzene rings is 1. The minimum absolute atomic E-state index is 0.402. The SMILES string of the molecule is O=C(O)c1ccc2c(c1)CCCC2CCn1ccnc1. The first-order valence-electron chi connectivity index (χ1n) is 7.06. The molecular weight excluding hydrogens is 252 g/mol. The van der Waals surface area contributed by atoms with Crippen LogP contribution >= 0.6 is 0 Å². The molecule has 0 spiro atoms. The van der Waals surface area contributed by atoms with Crippen LogP contribution in [0.1, 0.15) is 46.7 Å². The summed E-state index contributed by atoms with van der Waals surface area (Å²) in [4.78, 5) is 15.1. The molecule has 1 heterocycles. The molecule has 1 unspecified atom stereocenters. The molecular formula is C16H18N2O2. The molecule has 1 N–H and O–H groups in total. The lowest BCUT2D eigenvalue weighted by Crippen LogP contribution is -2.13. The molecule has 1 atom stereocenters. The lowest BCUT2D eigenvalue weighted by molar-refractivity contribution is 0.0696. The minimum Gasteiger partial charge on any atom is -0.478 e. The highest BCUT2D eigenvalue weighted by Gasteiger charge is 2.21. The van der Waals surface area contributed by atoms with Crippen molar-refractivity contribution in [1.82, 2.24) is 9.55 Å². The normalized spacial score (nSPS) is 17.7. The van der Waals surface area contributed by atoms with E-state index in [4.69, 9.17) is 5.11 Å². The summed E-state index contributed by atoms with van der Waals surface area (Å²) >= 11 is 0. The molecule has 0 radical (unpaired) electrons. The van der Waals surface area contributed by atoms with Gasteiger partial charge >= 0.3 is 5.97 Å². The van der Waals surface area contributed by atoms with Crippen molar-refractivity contribution in [3.8, 4) is 0 Å². The number of carboxylic acids is 1. The van der Waals surface area contributed by atoms with Crippen LogP contribution in [0.15, 0.2) is 36.9 Å². The van der Waals surface area contributed by atoms with Gasteiger partial charge in [-0.1, -0.05) is 6.07 Å². The summed E-state index contributed by atoms with van der Waals surface area (Å²) in [6, 6.07) is 5.59. The second kappa shape index (κ2) is 5.49. The second-order valence-corrected chi connectivity index (χ2v) is 5.40. The summed E-state index contributed by atoms with van der Waals surface area (Å²) in [6.45, 7) is 0.963. The number of nitrogens with zero attached hydrogens (tertiary/aromatic N) is 2. The van der Waals surface area contributed by atoms with Gasteiger partial charge in [0.2, 0.25) is 0 Å². The van der Waals surface area contributed by atoms with Crippen molar-refractivity contribution in [2.24, 2.45) is 0 Å². The Kier molecular flexibility index (Phi) is 3.54. The predicted octanol–water partition coefficient (Wildman–Crippen LogP) is 3.09. The molecule has 1 aliphatic rings. The molecule has 1 aliphatic carbocycles. The highest BCUT2D eigenvalue weighted by atomic mass is 16.4. The number of fused-ring (bicyclic) bond motifs is 1. The van der Waals surface area contributed by atoms with Crippen LogP contribution < -0.4 is 0 Å². The Morgan fingerprint density at radius 3 is 3.10 bits per heavy atom. The van der Waals surface area contributed by atoms with Gasteiger partial charge in [0, 0.05) is 18.9 Å². The Morgan fingerprint density at radius 2 is 2.35 bits per heavy atom. The van der Waals surface area contributed by atoms with Crippen LogP contribution in [0, 0.1) is 0 Å². The average molecular weight is 270 g/mol. The molecule has 104 valence electrons. The number of hydrogen-bond donors (Lipinski definition) is 1. The van der Waals surface area contributed by atoms with E-state index in [1.807, 2.05) is 24.7 Å². The third-order valence-corrected chi connectivity index (χ3v) is 4.12. The third-order valence-electron chi connectivity index (χ3n) is 4.12. The maximum atomic E-state index is 11.0. The van der Waals surface area contributed by atoms with Gasteiger partial charge in [0.1, 0.15) is 0 Å². The van der Waals surface area contributed by atoms with Gasteiger partial charge in [0.15, 0.2) is 0 Å². The summed E-state index contributed by atoms with van der Waals surface area (Å²) < 4.78 is 2.10. The van der Waals surface area contributed by atoms with Gasteiger partial charge in [-0.05, 0) is 54.9 Å². The Morgan fingerprint density at radius 1 is 1.45 bits per heavy atom. The van der Waals surface area contributed by atoms with E-state index < -0.39 is 5.97 Å². The number of carbonyl (C=O) groups is 1. The molecule has 0 amide bonds. The number of aromatic carboxylic acids is 1. The van der Waals surface area contributed by atoms with Crippen molar-refractivity contribution in [1.29, 1.82) is 0 Å². The van der Waals surface area contributed by atoms with E-state index in [0.717, 1.165) is 25.8 Å². The highest BCUT2D eigenvalue weighted by molar-refractivity contribution is 5.88. The summed E-state index contributed by atoms with van der Waals surface area (Å²) in [5, 5.41) is 9.07. The van der Waals surface area contributed by atoms with E-state index in [2.05, 4.69) is 9.55 Å². The second-order valence-electron chi connectivity index (χ2n) is 5.40. The molecule has 1 aromatic carbocycles. The number of imidazole rings is 1. The fraction of sp³-hybridized carbons (Fsp3) is 0.375. The summed E-state index contributed by atoms with van der Waals surface area (Å²) in [5.74, 6) is -0.308. The van der Waals surface area contributed by atoms with Gasteiger partial charge < -0.3 is 9.67 Å². The molecule has 20 heavy (non-hydrogen) atoms. The zero-order valence-electron chi connectivity index (χ0n) is 11.3. The number of carboxylic acid groups (broad SMARTS) is 1. The van der Waals surface area contributed by atoms with E-state index in [0.29, 0.717) is 11.5 Å². The first-order chi connectivity index (χ1) is 9.74. The first-order valence-corrected chi connectivity index (χ1v) is 7.06. The monoisotopic (exact) mass is 270 g/mol. The van der Waals surface area contributed by atoms with Crippen LogP contribution in [0.4, 0.5) is 0 Å². The first kappa shape index (κ1) is 12.9. The molecule has 0 bridgehead atoms. The quantitative estimate of drug-likeness (QED) is 0.928. The Balaban J connectivity index is 1.77. The Hall–Kier alpha value is -2.10. The van der Waals surface area contributed by atoms with E-state index in [-0.39, 0.29) is 0 Å². The van der Waals surface area contributed by atoms with Gasteiger partial charge in [-0.25, -0.2) is 9.78 Å². The van der Waals surface area contributed by atoms with Crippen molar-refractivity contribution in [3.05, 3.63) is 53.6 Å². The molecule has 0 aliphatic heterocycles. The number of aromatic nitrogens is 2. The van der Waals surface area contributed by atoms with Crippen molar-refractivity contribution < 1.29 is 9.90 Å². The highest BCUT2D eigenvalue weighted by Crippen LogP contribution is 2.34. The average Bonchev–Trinajstić information content (AvgIpc) is 2.97. The Bertz CT molecular complexity index is 605. The van der Waals surface area contributed by atoms with Gasteiger partial charge in [0.25, 0.3) is 0 Å². The predicted molar refractivity (Wildman–Crippen MR) is 75.9 cm³/mol. The summed E-state index contributed by atoms with van der Waals surface area (Å²) in [7, 11) is 0. The van der Waals surface area contributed by atoms with Crippen LogP contribution in [0.5, 0.6) is 0 Å². The fourth-order valence-electron chi connectivity index (χ4n) is 3.07. The van der Waals surface area contributed by atoms with Crippen LogP contribution in [-0.4, -0.2) is 20.6 Å². The maximum absolute atomic E-state index is 11.0. The fourth-order valence-corrected chi connectivity index (χ4v) is 3.07. The van der Waals surface area contributed by atoms with E-state index in [1.165, 1.54) is 17.5 Å². The van der Waals surface area contributed by atoms with Crippen molar-refractivity contribution in [2.45, 2.75) is 38.1 Å². The van der Waals surface area contributed by atoms with E-state index in [1.54, 1.807) is 12.3 Å². The largest absolute Gasteiger partial charge is 0.478 e. The van der Waals surface area contributed by atoms with Crippen LogP contribution in [0.25, 0.3) is 0 Å². The van der Waals surface area contributed by atoms with Gasteiger partial charge in [-0.3, -0.25) is 0 Å². The zero-order chi connectivity index (χ0) is 13.9. The molecule has 0 saturated carbocycles. The third kappa shape index (κ3) is 2.59. The van der Waals surface area contributed by atoms with Gasteiger partial charge in [-0.15, -0.1) is 0 Å². The van der Waals surface area contributed by atoms with Crippen molar-refractivity contribution >= 4 is 5.97 Å². The molecule has 2 aromatic rings. The topological polar surface area (TPSA) is 55.1 Å². The lowest BCUT2D eigenvalue weighted by Gasteiger charge is -2.26. The van der Waals surface area contributed by atoms with Crippen LogP contribution in [-0.2, 0) is 13.0 Å². The molecule has 4 heteroatoms. The van der Waals surface area contributed by atoms with Crippen LogP contribution in [0.2, 0.25) is 0 Å². The lowest BCUT2D eigenvalue weighted by atomic mass is 9.80. The van der Waals surface area contributed by atoms with Gasteiger partial charge in [-0.2, -0.15) is 0 Å². The van der Waals surface area contributed by atoms with E-state index in [9.17, 15) is 4.79 Å². The molecule has 3 rings (SSSR count).